The third-order valence-corrected chi connectivity index (χ3v) is 4.47. The van der Waals surface area contributed by atoms with E-state index >= 15 is 0 Å². The Morgan fingerprint density at radius 2 is 1.90 bits per heavy atom. The summed E-state index contributed by atoms with van der Waals surface area (Å²) in [7, 11) is 3.06. The average Bonchev–Trinajstić information content (AvgIpc) is 3.07. The van der Waals surface area contributed by atoms with E-state index in [9.17, 15) is 14.5 Å². The number of fused-ring (bicyclic) bond motifs is 1. The van der Waals surface area contributed by atoms with Crippen molar-refractivity contribution >= 4 is 11.9 Å². The number of rotatable bonds is 10. The molecule has 0 saturated heterocycles. The Hall–Kier alpha value is -3.44. The van der Waals surface area contributed by atoms with Crippen LogP contribution in [0.4, 0.5) is 0 Å². The number of esters is 2. The van der Waals surface area contributed by atoms with Crippen molar-refractivity contribution < 1.29 is 53.8 Å². The largest absolute Gasteiger partial charge is 0.594 e. The number of nitrogens with zero attached hydrogens (tertiary/aromatic N) is 1. The molecule has 1 radical (unpaired) electrons. The van der Waals surface area contributed by atoms with Gasteiger partial charge in [-0.3, -0.25) is 4.79 Å². The average molecular weight is 846 g/mol. The number of methoxy groups -OCH3 is 2. The fraction of sp³-hybridized carbons (Fsp3) is 0.421. The second-order valence-corrected chi connectivity index (χ2v) is 6.12. The molecule has 1 aliphatic heterocycles. The Bertz CT molecular complexity index is 812. The molecule has 1 aromatic rings. The van der Waals surface area contributed by atoms with Gasteiger partial charge in [0.15, 0.2) is 0 Å². The first kappa shape index (κ1) is 26.6. The van der Waals surface area contributed by atoms with E-state index in [2.05, 4.69) is 14.9 Å². The molecule has 1 aromatic carbocycles. The van der Waals surface area contributed by atoms with Crippen molar-refractivity contribution in [2.45, 2.75) is 39.7 Å². The quantitative estimate of drug-likeness (QED) is 0.0883. The van der Waals surface area contributed by atoms with Crippen LogP contribution in [0.15, 0.2) is 17.0 Å². The van der Waals surface area contributed by atoms with E-state index in [1.165, 1.54) is 7.11 Å². The number of benzene rings is 1. The molecule has 11 heteroatoms. The molecule has 0 fully saturated rings. The van der Waals surface area contributed by atoms with Gasteiger partial charge in [-0.1, -0.05) is 11.6 Å². The van der Waals surface area contributed by atoms with Crippen LogP contribution < -0.4 is 9.47 Å². The molecule has 1 heterocycles. The predicted molar refractivity (Wildman–Crippen MR) is 97.4 cm³/mol. The van der Waals surface area contributed by atoms with Crippen LogP contribution in [-0.2, 0) is 52.6 Å². The monoisotopic (exact) mass is 846 g/mol. The van der Waals surface area contributed by atoms with Crippen LogP contribution in [0.2, 0.25) is 0 Å². The fourth-order valence-electron chi connectivity index (χ4n) is 3.06. The van der Waals surface area contributed by atoms with E-state index in [-0.39, 0.29) is 33.5 Å². The maximum atomic E-state index is 12.1. The van der Waals surface area contributed by atoms with Gasteiger partial charge in [-0.2, -0.15) is 0 Å². The fourth-order valence-corrected chi connectivity index (χ4v) is 3.06. The number of allylic oxidation sites excluding steroid dienone is 2. The zero-order chi connectivity index (χ0) is 20.7. The Labute approximate surface area is 182 Å². The van der Waals surface area contributed by atoms with Gasteiger partial charge in [0.2, 0.25) is 0 Å². The van der Waals surface area contributed by atoms with Crippen molar-refractivity contribution in [3.8, 4) is 11.5 Å². The summed E-state index contributed by atoms with van der Waals surface area (Å²) in [4.78, 5) is 37.3. The first-order valence-corrected chi connectivity index (χ1v) is 8.53. The normalized spacial score (nSPS) is 12.0. The summed E-state index contributed by atoms with van der Waals surface area (Å²) >= 11 is 0. The molecule has 0 spiro atoms. The molecule has 9 nitrogen and oxygen atoms in total. The Morgan fingerprint density at radius 3 is 2.50 bits per heavy atom. The number of ether oxygens (including phenoxy) is 4. The molecule has 0 saturated carbocycles. The molecule has 1 aliphatic rings. The third-order valence-electron chi connectivity index (χ3n) is 4.47. The van der Waals surface area contributed by atoms with Crippen molar-refractivity contribution in [3.05, 3.63) is 45.6 Å². The minimum Gasteiger partial charge on any atom is -0.594 e. The van der Waals surface area contributed by atoms with Crippen molar-refractivity contribution in [2.24, 2.45) is 5.34 Å². The summed E-state index contributed by atoms with van der Waals surface area (Å²) in [5, 5.41) is 2.08. The summed E-state index contributed by atoms with van der Waals surface area (Å²) in [5.74, 6) is 0.121. The number of carbonyl (C=O) groups excluding carboxylic acids is 2. The van der Waals surface area contributed by atoms with E-state index in [1.54, 1.807) is 7.11 Å². The van der Waals surface area contributed by atoms with Crippen molar-refractivity contribution in [2.75, 3.05) is 14.2 Å². The second-order valence-electron chi connectivity index (χ2n) is 6.12. The minimum atomic E-state index is -0.553. The number of hydrogen-bond acceptors (Lipinski definition) is 9. The van der Waals surface area contributed by atoms with Gasteiger partial charge in [-0.15, -0.1) is 4.91 Å². The van der Waals surface area contributed by atoms with E-state index in [4.69, 9.17) is 14.2 Å². The molecule has 30 heavy (non-hydrogen) atoms. The van der Waals surface area contributed by atoms with Crippen LogP contribution in [0.5, 0.6) is 11.5 Å². The summed E-state index contributed by atoms with van der Waals surface area (Å²) in [6.07, 6.45) is 2.91. The van der Waals surface area contributed by atoms with Crippen LogP contribution in [-0.4, -0.2) is 26.2 Å². The minimum absolute atomic E-state index is 0. The molecule has 2 rings (SSSR count). The van der Waals surface area contributed by atoms with Gasteiger partial charge in [-0.25, -0.2) is 4.79 Å². The van der Waals surface area contributed by atoms with Gasteiger partial charge in [0.1, 0.15) is 29.0 Å². The first-order valence-electron chi connectivity index (χ1n) is 8.53. The van der Waals surface area contributed by atoms with E-state index in [0.29, 0.717) is 36.7 Å². The van der Waals surface area contributed by atoms with E-state index in [0.717, 1.165) is 22.3 Å². The molecular weight excluding hydrogens is 823 g/mol. The molecule has 0 amide bonds. The van der Waals surface area contributed by atoms with Gasteiger partial charge in [0.05, 0.1) is 14.2 Å². The number of carbonyl (C=O) groups is 2. The smallest absolute Gasteiger partial charge is 0.342 e. The number of cyclic esters (lactones) is 1. The SMILES string of the molecule is COc1c(C)c2c(c(OC)c1C/C=C(\C)CCC(=O)O[CH-]ON=O)C(=O)OC2.[Re].[Rf]. The third kappa shape index (κ3) is 5.78. The van der Waals surface area contributed by atoms with Gasteiger partial charge in [-0.05, 0) is 32.3 Å². The zero-order valence-corrected chi connectivity index (χ0v) is 26.4. The maximum Gasteiger partial charge on any atom is 0.342 e. The molecule has 0 atom stereocenters. The molecule has 0 bridgehead atoms. The van der Waals surface area contributed by atoms with Gasteiger partial charge in [0.25, 0.3) is 5.97 Å². The Morgan fingerprint density at radius 1 is 1.23 bits per heavy atom. The van der Waals surface area contributed by atoms with Crippen molar-refractivity contribution in [3.63, 3.8) is 0 Å². The van der Waals surface area contributed by atoms with Crippen LogP contribution in [0.25, 0.3) is 0 Å². The van der Waals surface area contributed by atoms with Crippen LogP contribution in [0.1, 0.15) is 46.8 Å². The number of hydrogen-bond donors (Lipinski definition) is 0. The standard InChI is InChI=1S/C19H22NO8.Re.Rf/c1-11(6-8-15(21)27-10-28-20-23)5-7-13-17(24-3)12(2)14-9-26-19(22)16(14)18(13)25-4;;/h5,10H,6-9H2,1-4H3;;/q-1;;/b11-5+;;. The summed E-state index contributed by atoms with van der Waals surface area (Å²) in [5.41, 5.74) is 3.71. The molecule has 0 unspecified atom stereocenters. The summed E-state index contributed by atoms with van der Waals surface area (Å²) in [6, 6.07) is 0. The van der Waals surface area contributed by atoms with Gasteiger partial charge < -0.3 is 23.8 Å². The molecular formula is C19H22NO8ReRf-. The maximum absolute atomic E-state index is 12.1. The van der Waals surface area contributed by atoms with Crippen molar-refractivity contribution in [1.29, 1.82) is 0 Å². The molecule has 0 aliphatic carbocycles. The molecule has 0 N–H and O–H groups in total. The first-order chi connectivity index (χ1) is 13.4. The van der Waals surface area contributed by atoms with E-state index in [1.807, 2.05) is 19.9 Å². The second kappa shape index (κ2) is 12.2. The molecule has 0 aromatic heterocycles. The van der Waals surface area contributed by atoms with Crippen LogP contribution in [0.3, 0.4) is 0 Å². The van der Waals surface area contributed by atoms with Crippen LogP contribution in [0, 0.1) is 18.6 Å². The Balaban J connectivity index is 0.00000420. The summed E-state index contributed by atoms with van der Waals surface area (Å²) in [6.45, 7) is 4.52. The van der Waals surface area contributed by atoms with E-state index < -0.39 is 11.9 Å². The Kier molecular flexibility index (Phi) is 10.8. The predicted octanol–water partition coefficient (Wildman–Crippen LogP) is 3.31. The van der Waals surface area contributed by atoms with Gasteiger partial charge in [0, 0.05) is 44.8 Å². The summed E-state index contributed by atoms with van der Waals surface area (Å²) < 4.78 is 20.8. The zero-order valence-electron chi connectivity index (χ0n) is 17.3. The topological polar surface area (TPSA) is 110 Å². The van der Waals surface area contributed by atoms with Crippen molar-refractivity contribution in [1.82, 2.24) is 0 Å². The van der Waals surface area contributed by atoms with Crippen LogP contribution >= 0.6 is 0 Å². The molecule has 161 valence electrons. The van der Waals surface area contributed by atoms with Gasteiger partial charge >= 0.3 is 5.97 Å².